The third-order valence-electron chi connectivity index (χ3n) is 3.68. The van der Waals surface area contributed by atoms with Gasteiger partial charge in [0.05, 0.1) is 19.8 Å². The number of nitrogens with one attached hydrogen (secondary N) is 2. The highest BCUT2D eigenvalue weighted by Crippen LogP contribution is 2.30. The van der Waals surface area contributed by atoms with Crippen molar-refractivity contribution in [3.8, 4) is 0 Å². The summed E-state index contributed by atoms with van der Waals surface area (Å²) in [5.41, 5.74) is -3.65. The molecular formula is C15H24F3N3O5. The fraction of sp³-hybridized carbons (Fsp3) is 0.800. The van der Waals surface area contributed by atoms with E-state index in [1.807, 2.05) is 0 Å². The third-order valence-corrected chi connectivity index (χ3v) is 3.68. The number of rotatable bonds is 7. The van der Waals surface area contributed by atoms with Crippen molar-refractivity contribution < 1.29 is 37.0 Å². The smallest absolute Gasteiger partial charge is 0.442 e. The van der Waals surface area contributed by atoms with E-state index in [9.17, 15) is 27.6 Å². The number of ether oxygens (including phenoxy) is 2. The lowest BCUT2D eigenvalue weighted by molar-refractivity contribution is -0.219. The number of hydrogen-bond acceptors (Lipinski definition) is 5. The van der Waals surface area contributed by atoms with Crippen LogP contribution < -0.4 is 10.6 Å². The van der Waals surface area contributed by atoms with Crippen molar-refractivity contribution in [2.75, 3.05) is 32.9 Å². The minimum Gasteiger partial charge on any atom is -0.463 e. The van der Waals surface area contributed by atoms with Gasteiger partial charge in [0.2, 0.25) is 5.91 Å². The van der Waals surface area contributed by atoms with Crippen LogP contribution in [0.5, 0.6) is 0 Å². The molecule has 0 spiro atoms. The number of carbonyl (C=O) groups excluding carboxylic acids is 3. The molecule has 0 aromatic rings. The molecule has 1 heterocycles. The molecule has 1 fully saturated rings. The summed E-state index contributed by atoms with van der Waals surface area (Å²) in [6, 6.07) is -1.14. The molecule has 1 aliphatic heterocycles. The zero-order chi connectivity index (χ0) is 19.8. The van der Waals surface area contributed by atoms with E-state index in [-0.39, 0.29) is 39.3 Å². The van der Waals surface area contributed by atoms with Gasteiger partial charge in [-0.05, 0) is 13.3 Å². The van der Waals surface area contributed by atoms with Crippen molar-refractivity contribution in [2.24, 2.45) is 0 Å². The van der Waals surface area contributed by atoms with Crippen molar-refractivity contribution in [3.63, 3.8) is 0 Å². The highest BCUT2D eigenvalue weighted by Gasteiger charge is 2.64. The molecule has 150 valence electrons. The Hall–Kier alpha value is -2.04. The zero-order valence-corrected chi connectivity index (χ0v) is 14.8. The van der Waals surface area contributed by atoms with Crippen LogP contribution in [-0.4, -0.2) is 67.6 Å². The molecule has 11 heteroatoms. The molecule has 26 heavy (non-hydrogen) atoms. The maximum atomic E-state index is 13.8. The van der Waals surface area contributed by atoms with E-state index in [1.165, 1.54) is 6.92 Å². The normalized spacial score (nSPS) is 17.2. The minimum absolute atomic E-state index is 0.0619. The lowest BCUT2D eigenvalue weighted by Crippen LogP contribution is -2.75. The second-order valence-corrected chi connectivity index (χ2v) is 5.65. The van der Waals surface area contributed by atoms with Crippen LogP contribution >= 0.6 is 0 Å². The number of morpholine rings is 1. The van der Waals surface area contributed by atoms with Gasteiger partial charge in [-0.15, -0.1) is 0 Å². The fourth-order valence-electron chi connectivity index (χ4n) is 2.24. The van der Waals surface area contributed by atoms with Crippen molar-refractivity contribution >= 4 is 17.9 Å². The van der Waals surface area contributed by atoms with E-state index in [2.05, 4.69) is 4.74 Å². The molecule has 3 amide bonds. The Labute approximate surface area is 149 Å². The van der Waals surface area contributed by atoms with E-state index < -0.39 is 29.7 Å². The standard InChI is InChI=1S/C15H24F3N3O5/c1-3-5-6-11(22)19-14(15(16,17)18,12(23)26-4-2)20-13(24)21-7-9-25-10-8-21/h3-10H2,1-2H3,(H,19,22)(H,20,24)/t14-/m0/s1. The summed E-state index contributed by atoms with van der Waals surface area (Å²) in [4.78, 5) is 37.4. The molecule has 1 rings (SSSR count). The second-order valence-electron chi connectivity index (χ2n) is 5.65. The van der Waals surface area contributed by atoms with Crippen molar-refractivity contribution in [1.82, 2.24) is 15.5 Å². The number of amides is 3. The Morgan fingerprint density at radius 3 is 2.23 bits per heavy atom. The van der Waals surface area contributed by atoms with Crippen LogP contribution in [0.25, 0.3) is 0 Å². The summed E-state index contributed by atoms with van der Waals surface area (Å²) in [5, 5.41) is 3.26. The number of nitrogens with zero attached hydrogens (tertiary/aromatic N) is 1. The second kappa shape index (κ2) is 9.60. The van der Waals surface area contributed by atoms with Crippen LogP contribution in [0.1, 0.15) is 33.1 Å². The lowest BCUT2D eigenvalue weighted by Gasteiger charge is -2.37. The molecule has 0 bridgehead atoms. The number of hydrogen-bond donors (Lipinski definition) is 2. The van der Waals surface area contributed by atoms with E-state index in [0.717, 1.165) is 4.90 Å². The quantitative estimate of drug-likeness (QED) is 0.508. The Morgan fingerprint density at radius 1 is 1.12 bits per heavy atom. The van der Waals surface area contributed by atoms with Crippen LogP contribution in [-0.2, 0) is 19.1 Å². The minimum atomic E-state index is -5.30. The van der Waals surface area contributed by atoms with Crippen LogP contribution in [0.15, 0.2) is 0 Å². The predicted molar refractivity (Wildman–Crippen MR) is 84.0 cm³/mol. The van der Waals surface area contributed by atoms with Gasteiger partial charge >= 0.3 is 23.8 Å². The number of alkyl halides is 3. The molecule has 2 N–H and O–H groups in total. The Morgan fingerprint density at radius 2 is 1.73 bits per heavy atom. The maximum absolute atomic E-state index is 13.8. The Kier molecular flexibility index (Phi) is 8.12. The highest BCUT2D eigenvalue weighted by atomic mass is 19.4. The van der Waals surface area contributed by atoms with Gasteiger partial charge in [0.25, 0.3) is 0 Å². The maximum Gasteiger partial charge on any atom is 0.442 e. The van der Waals surface area contributed by atoms with Crippen molar-refractivity contribution in [2.45, 2.75) is 44.9 Å². The van der Waals surface area contributed by atoms with Gasteiger partial charge in [-0.2, -0.15) is 13.2 Å². The number of urea groups is 1. The fourth-order valence-corrected chi connectivity index (χ4v) is 2.24. The average molecular weight is 383 g/mol. The Bertz CT molecular complexity index is 509. The highest BCUT2D eigenvalue weighted by molar-refractivity contribution is 5.92. The first kappa shape index (κ1) is 22.0. The van der Waals surface area contributed by atoms with Crippen LogP contribution in [0.2, 0.25) is 0 Å². The van der Waals surface area contributed by atoms with Crippen LogP contribution in [0, 0.1) is 0 Å². The van der Waals surface area contributed by atoms with Crippen molar-refractivity contribution in [3.05, 3.63) is 0 Å². The lowest BCUT2D eigenvalue weighted by atomic mass is 10.1. The molecule has 1 aliphatic rings. The molecule has 0 aromatic carbocycles. The summed E-state index contributed by atoms with van der Waals surface area (Å²) in [6.45, 7) is 3.18. The third kappa shape index (κ3) is 5.48. The van der Waals surface area contributed by atoms with E-state index in [1.54, 1.807) is 17.6 Å². The van der Waals surface area contributed by atoms with Gasteiger partial charge < -0.3 is 19.7 Å². The van der Waals surface area contributed by atoms with Gasteiger partial charge in [-0.25, -0.2) is 9.59 Å². The number of carbonyl (C=O) groups is 3. The first-order valence-corrected chi connectivity index (χ1v) is 8.37. The van der Waals surface area contributed by atoms with E-state index >= 15 is 0 Å². The molecule has 0 unspecified atom stereocenters. The van der Waals surface area contributed by atoms with Gasteiger partial charge in [-0.3, -0.25) is 10.1 Å². The summed E-state index contributed by atoms with van der Waals surface area (Å²) in [6.07, 6.45) is -4.61. The van der Waals surface area contributed by atoms with E-state index in [4.69, 9.17) is 4.74 Å². The summed E-state index contributed by atoms with van der Waals surface area (Å²) < 4.78 is 50.9. The first-order chi connectivity index (χ1) is 12.2. The Balaban J connectivity index is 3.12. The average Bonchev–Trinajstić information content (AvgIpc) is 2.59. The van der Waals surface area contributed by atoms with Crippen molar-refractivity contribution in [1.29, 1.82) is 0 Å². The monoisotopic (exact) mass is 383 g/mol. The van der Waals surface area contributed by atoms with Crippen LogP contribution in [0.4, 0.5) is 18.0 Å². The SMILES string of the molecule is CCCCC(=O)N[C@](NC(=O)N1CCOCC1)(C(=O)OCC)C(F)(F)F. The number of unbranched alkanes of at least 4 members (excludes halogenated alkanes) is 1. The molecule has 0 aromatic heterocycles. The first-order valence-electron chi connectivity index (χ1n) is 8.37. The largest absolute Gasteiger partial charge is 0.463 e. The molecule has 8 nitrogen and oxygen atoms in total. The molecule has 1 saturated heterocycles. The molecule has 0 saturated carbocycles. The van der Waals surface area contributed by atoms with Gasteiger partial charge in [0.15, 0.2) is 0 Å². The van der Waals surface area contributed by atoms with Gasteiger partial charge in [0, 0.05) is 19.5 Å². The molecule has 0 radical (unpaired) electrons. The topological polar surface area (TPSA) is 97.0 Å². The number of halogens is 3. The zero-order valence-electron chi connectivity index (χ0n) is 14.8. The van der Waals surface area contributed by atoms with Crippen LogP contribution in [0.3, 0.4) is 0 Å². The summed E-state index contributed by atoms with van der Waals surface area (Å²) in [7, 11) is 0. The molecule has 0 aliphatic carbocycles. The molecule has 1 atom stereocenters. The van der Waals surface area contributed by atoms with E-state index in [0.29, 0.717) is 12.8 Å². The number of esters is 1. The van der Waals surface area contributed by atoms with Gasteiger partial charge in [0.1, 0.15) is 0 Å². The summed E-state index contributed by atoms with van der Waals surface area (Å²) in [5.74, 6) is -2.81. The summed E-state index contributed by atoms with van der Waals surface area (Å²) >= 11 is 0. The predicted octanol–water partition coefficient (Wildman–Crippen LogP) is 1.16. The molecular weight excluding hydrogens is 359 g/mol. The van der Waals surface area contributed by atoms with Gasteiger partial charge in [-0.1, -0.05) is 13.3 Å².